The van der Waals surface area contributed by atoms with E-state index >= 15 is 0 Å². The van der Waals surface area contributed by atoms with Crippen LogP contribution in [0.5, 0.6) is 11.5 Å². The molecule has 19 heavy (non-hydrogen) atoms. The van der Waals surface area contributed by atoms with E-state index in [9.17, 15) is 0 Å². The molecule has 1 aromatic carbocycles. The second-order valence-corrected chi connectivity index (χ2v) is 4.04. The van der Waals surface area contributed by atoms with Gasteiger partial charge in [0.05, 0.1) is 13.2 Å². The van der Waals surface area contributed by atoms with Gasteiger partial charge in [-0.05, 0) is 38.5 Å². The molecule has 1 rings (SSSR count). The van der Waals surface area contributed by atoms with Crippen molar-refractivity contribution in [1.29, 1.82) is 0 Å². The molecular formula is C15H24O4. The van der Waals surface area contributed by atoms with Crippen LogP contribution in [0.1, 0.15) is 19.4 Å². The molecule has 0 bridgehead atoms. The second-order valence-electron chi connectivity index (χ2n) is 4.04. The van der Waals surface area contributed by atoms with E-state index in [1.807, 2.05) is 39.0 Å². The minimum Gasteiger partial charge on any atom is -0.487 e. The maximum absolute atomic E-state index is 5.69. The van der Waals surface area contributed by atoms with E-state index in [-0.39, 0.29) is 0 Å². The van der Waals surface area contributed by atoms with Gasteiger partial charge in [-0.1, -0.05) is 6.07 Å². The first-order valence-corrected chi connectivity index (χ1v) is 6.79. The number of benzene rings is 1. The maximum Gasteiger partial charge on any atom is 0.161 e. The van der Waals surface area contributed by atoms with Crippen molar-refractivity contribution in [1.82, 2.24) is 0 Å². The Hall–Kier alpha value is -1.26. The van der Waals surface area contributed by atoms with Crippen molar-refractivity contribution < 1.29 is 18.9 Å². The summed E-state index contributed by atoms with van der Waals surface area (Å²) in [5.74, 6) is 1.51. The molecule has 0 radical (unpaired) electrons. The van der Waals surface area contributed by atoms with Crippen molar-refractivity contribution in [2.24, 2.45) is 0 Å². The van der Waals surface area contributed by atoms with Crippen molar-refractivity contribution in [2.45, 2.75) is 20.8 Å². The van der Waals surface area contributed by atoms with Crippen LogP contribution < -0.4 is 9.47 Å². The van der Waals surface area contributed by atoms with Gasteiger partial charge in [0.2, 0.25) is 0 Å². The van der Waals surface area contributed by atoms with Crippen LogP contribution in [-0.4, -0.2) is 39.6 Å². The van der Waals surface area contributed by atoms with Crippen LogP contribution in [0.3, 0.4) is 0 Å². The molecule has 0 saturated heterocycles. The molecule has 0 aliphatic heterocycles. The van der Waals surface area contributed by atoms with Gasteiger partial charge in [-0.3, -0.25) is 0 Å². The lowest BCUT2D eigenvalue weighted by atomic mass is 10.2. The molecule has 0 saturated carbocycles. The van der Waals surface area contributed by atoms with Gasteiger partial charge in [-0.2, -0.15) is 0 Å². The fraction of sp³-hybridized carbons (Fsp3) is 0.600. The monoisotopic (exact) mass is 268 g/mol. The predicted octanol–water partition coefficient (Wildman–Crippen LogP) is 2.83. The molecule has 0 heterocycles. The molecule has 0 aliphatic carbocycles. The van der Waals surface area contributed by atoms with Crippen molar-refractivity contribution in [3.8, 4) is 11.5 Å². The normalized spacial score (nSPS) is 10.5. The third-order valence-electron chi connectivity index (χ3n) is 2.48. The van der Waals surface area contributed by atoms with Crippen LogP contribution in [0.4, 0.5) is 0 Å². The molecule has 1 aromatic rings. The van der Waals surface area contributed by atoms with Crippen LogP contribution in [0.25, 0.3) is 0 Å². The van der Waals surface area contributed by atoms with Gasteiger partial charge in [0, 0.05) is 13.2 Å². The Kier molecular flexibility index (Phi) is 8.02. The fourth-order valence-electron chi connectivity index (χ4n) is 1.56. The van der Waals surface area contributed by atoms with Crippen LogP contribution in [0, 0.1) is 6.92 Å². The van der Waals surface area contributed by atoms with Crippen LogP contribution >= 0.6 is 0 Å². The lowest BCUT2D eigenvalue weighted by Gasteiger charge is -2.13. The SMILES string of the molecule is CCOCCOc1ccc(C)cc1OCCOCC. The largest absolute Gasteiger partial charge is 0.487 e. The molecule has 0 unspecified atom stereocenters. The molecule has 0 aliphatic rings. The summed E-state index contributed by atoms with van der Waals surface area (Å²) in [6.07, 6.45) is 0. The zero-order valence-electron chi connectivity index (χ0n) is 12.1. The minimum absolute atomic E-state index is 0.527. The predicted molar refractivity (Wildman–Crippen MR) is 75.2 cm³/mol. The summed E-state index contributed by atoms with van der Waals surface area (Å²) in [5.41, 5.74) is 1.14. The number of hydrogen-bond acceptors (Lipinski definition) is 4. The molecule has 0 N–H and O–H groups in total. The van der Waals surface area contributed by atoms with E-state index in [0.29, 0.717) is 39.6 Å². The van der Waals surface area contributed by atoms with Gasteiger partial charge >= 0.3 is 0 Å². The Balaban J connectivity index is 2.48. The van der Waals surface area contributed by atoms with Crippen LogP contribution in [0.15, 0.2) is 18.2 Å². The Morgan fingerprint density at radius 1 is 0.789 bits per heavy atom. The highest BCUT2D eigenvalue weighted by Crippen LogP contribution is 2.28. The van der Waals surface area contributed by atoms with Crippen LogP contribution in [-0.2, 0) is 9.47 Å². The molecule has 4 heteroatoms. The molecule has 0 atom stereocenters. The standard InChI is InChI=1S/C15H24O4/c1-4-16-8-10-18-14-7-6-13(3)12-15(14)19-11-9-17-5-2/h6-7,12H,4-5,8-11H2,1-3H3. The second kappa shape index (κ2) is 9.64. The van der Waals surface area contributed by atoms with E-state index in [0.717, 1.165) is 17.1 Å². The van der Waals surface area contributed by atoms with E-state index in [4.69, 9.17) is 18.9 Å². The molecule has 0 spiro atoms. The van der Waals surface area contributed by atoms with Gasteiger partial charge in [0.25, 0.3) is 0 Å². The number of ether oxygens (including phenoxy) is 4. The average Bonchev–Trinajstić information content (AvgIpc) is 2.41. The van der Waals surface area contributed by atoms with Crippen molar-refractivity contribution in [2.75, 3.05) is 39.6 Å². The summed E-state index contributed by atoms with van der Waals surface area (Å²) in [6.45, 7) is 9.59. The first-order valence-electron chi connectivity index (χ1n) is 6.79. The maximum atomic E-state index is 5.69. The summed E-state index contributed by atoms with van der Waals surface area (Å²) in [6, 6.07) is 5.91. The Morgan fingerprint density at radius 3 is 1.95 bits per heavy atom. The quantitative estimate of drug-likeness (QED) is 0.611. The van der Waals surface area contributed by atoms with Gasteiger partial charge < -0.3 is 18.9 Å². The fourth-order valence-corrected chi connectivity index (χ4v) is 1.56. The van der Waals surface area contributed by atoms with E-state index in [1.165, 1.54) is 0 Å². The molecule has 108 valence electrons. The molecule has 0 amide bonds. The summed E-state index contributed by atoms with van der Waals surface area (Å²) < 4.78 is 21.8. The zero-order chi connectivity index (χ0) is 13.9. The first kappa shape index (κ1) is 15.8. The van der Waals surface area contributed by atoms with Crippen molar-refractivity contribution in [3.63, 3.8) is 0 Å². The first-order chi connectivity index (χ1) is 9.27. The minimum atomic E-state index is 0.527. The van der Waals surface area contributed by atoms with E-state index in [1.54, 1.807) is 0 Å². The van der Waals surface area contributed by atoms with Gasteiger partial charge in [0.1, 0.15) is 13.2 Å². The number of rotatable bonds is 10. The summed E-state index contributed by atoms with van der Waals surface area (Å²) in [7, 11) is 0. The van der Waals surface area contributed by atoms with Crippen LogP contribution in [0.2, 0.25) is 0 Å². The lowest BCUT2D eigenvalue weighted by molar-refractivity contribution is 0.0999. The summed E-state index contributed by atoms with van der Waals surface area (Å²) in [4.78, 5) is 0. The van der Waals surface area contributed by atoms with Gasteiger partial charge in [-0.25, -0.2) is 0 Å². The Morgan fingerprint density at radius 2 is 1.37 bits per heavy atom. The van der Waals surface area contributed by atoms with Crippen molar-refractivity contribution >= 4 is 0 Å². The highest BCUT2D eigenvalue weighted by molar-refractivity contribution is 5.42. The van der Waals surface area contributed by atoms with Crippen molar-refractivity contribution in [3.05, 3.63) is 23.8 Å². The molecule has 0 fully saturated rings. The summed E-state index contributed by atoms with van der Waals surface area (Å²) in [5, 5.41) is 0. The molecular weight excluding hydrogens is 244 g/mol. The smallest absolute Gasteiger partial charge is 0.161 e. The highest BCUT2D eigenvalue weighted by Gasteiger charge is 2.05. The van der Waals surface area contributed by atoms with Gasteiger partial charge in [0.15, 0.2) is 11.5 Å². The van der Waals surface area contributed by atoms with E-state index in [2.05, 4.69) is 0 Å². The number of hydrogen-bond donors (Lipinski definition) is 0. The topological polar surface area (TPSA) is 36.9 Å². The third-order valence-corrected chi connectivity index (χ3v) is 2.48. The average molecular weight is 268 g/mol. The molecule has 4 nitrogen and oxygen atoms in total. The van der Waals surface area contributed by atoms with Gasteiger partial charge in [-0.15, -0.1) is 0 Å². The zero-order valence-corrected chi connectivity index (χ0v) is 12.1. The number of aryl methyl sites for hydroxylation is 1. The molecule has 0 aromatic heterocycles. The lowest BCUT2D eigenvalue weighted by Crippen LogP contribution is -2.10. The highest BCUT2D eigenvalue weighted by atomic mass is 16.6. The Bertz CT molecular complexity index is 352. The Labute approximate surface area is 115 Å². The van der Waals surface area contributed by atoms with E-state index < -0.39 is 0 Å². The summed E-state index contributed by atoms with van der Waals surface area (Å²) >= 11 is 0. The third kappa shape index (κ3) is 6.45.